The molecule has 1 fully saturated rings. The largest absolute Gasteiger partial charge is 0.480 e. The Hall–Kier alpha value is -3.18. The summed E-state index contributed by atoms with van der Waals surface area (Å²) in [6, 6.07) is 6.38. The van der Waals surface area contributed by atoms with Crippen molar-refractivity contribution in [3.63, 3.8) is 0 Å². The van der Waals surface area contributed by atoms with Gasteiger partial charge in [-0.3, -0.25) is 14.3 Å². The Kier molecular flexibility index (Phi) is 5.57. The average Bonchev–Trinajstić information content (AvgIpc) is 2.78. The van der Waals surface area contributed by atoms with Crippen molar-refractivity contribution in [1.29, 1.82) is 5.41 Å². The van der Waals surface area contributed by atoms with Crippen LogP contribution in [0.25, 0.3) is 11.2 Å². The molecule has 0 saturated carbocycles. The number of ether oxygens (including phenoxy) is 1. The highest BCUT2D eigenvalue weighted by Gasteiger charge is 2.50. The van der Waals surface area contributed by atoms with E-state index in [2.05, 4.69) is 30.3 Å². The van der Waals surface area contributed by atoms with E-state index in [9.17, 15) is 4.21 Å². The third-order valence-corrected chi connectivity index (χ3v) is 10.1. The van der Waals surface area contributed by atoms with Crippen LogP contribution in [0.1, 0.15) is 26.3 Å². The van der Waals surface area contributed by atoms with Gasteiger partial charge in [-0.2, -0.15) is 4.98 Å². The highest BCUT2D eigenvalue weighted by atomic mass is 32.3. The van der Waals surface area contributed by atoms with Crippen LogP contribution >= 0.6 is 0 Å². The molecule has 1 aliphatic rings. The lowest BCUT2D eigenvalue weighted by molar-refractivity contribution is 0.397. The molecule has 176 valence electrons. The molecule has 1 aromatic carbocycles. The van der Waals surface area contributed by atoms with E-state index in [0.29, 0.717) is 34.0 Å². The number of thiol groups is 1. The molecule has 3 heterocycles. The van der Waals surface area contributed by atoms with Gasteiger partial charge in [-0.1, -0.05) is 0 Å². The Labute approximate surface area is 192 Å². The fraction of sp³-hybridized carbons (Fsp3) is 0.364. The number of hydrogen-bond donors (Lipinski definition) is 5. The van der Waals surface area contributed by atoms with Gasteiger partial charge in [0.15, 0.2) is 5.65 Å². The van der Waals surface area contributed by atoms with Gasteiger partial charge in [0.25, 0.3) is 0 Å². The van der Waals surface area contributed by atoms with Crippen molar-refractivity contribution in [3.05, 3.63) is 48.0 Å². The zero-order chi connectivity index (χ0) is 24.0. The number of hydrogen-bond acceptors (Lipinski definition) is 7. The van der Waals surface area contributed by atoms with Crippen molar-refractivity contribution < 1.29 is 13.3 Å². The van der Waals surface area contributed by atoms with E-state index in [1.807, 2.05) is 0 Å². The number of anilines is 2. The van der Waals surface area contributed by atoms with E-state index in [-0.39, 0.29) is 11.6 Å². The van der Waals surface area contributed by atoms with E-state index < -0.39 is 26.2 Å². The van der Waals surface area contributed by atoms with Crippen molar-refractivity contribution in [3.8, 4) is 5.88 Å². The minimum atomic E-state index is -3.04. The van der Waals surface area contributed by atoms with Gasteiger partial charge < -0.3 is 15.4 Å². The number of fused-ring (bicyclic) bond motifs is 1. The molecule has 4 rings (SSSR count). The van der Waals surface area contributed by atoms with E-state index in [0.717, 1.165) is 0 Å². The fourth-order valence-corrected chi connectivity index (χ4v) is 6.76. The first-order valence-electron chi connectivity index (χ1n) is 10.4. The lowest BCUT2D eigenvalue weighted by Crippen LogP contribution is -2.69. The summed E-state index contributed by atoms with van der Waals surface area (Å²) >= 11 is 0. The van der Waals surface area contributed by atoms with Crippen molar-refractivity contribution in [2.24, 2.45) is 0 Å². The van der Waals surface area contributed by atoms with E-state index in [1.54, 1.807) is 52.2 Å². The lowest BCUT2D eigenvalue weighted by atomic mass is 9.91. The van der Waals surface area contributed by atoms with Crippen LogP contribution in [0.15, 0.2) is 36.7 Å². The molecule has 4 N–H and O–H groups in total. The van der Waals surface area contributed by atoms with Gasteiger partial charge in [0.2, 0.25) is 5.88 Å². The maximum Gasteiger partial charge on any atom is 0.234 e. The molecule has 33 heavy (non-hydrogen) atoms. The van der Waals surface area contributed by atoms with Crippen LogP contribution in [-0.4, -0.2) is 49.7 Å². The first kappa shape index (κ1) is 23.0. The topological polar surface area (TPSA) is 125 Å². The summed E-state index contributed by atoms with van der Waals surface area (Å²) in [7, 11) is 0.0863. The molecule has 11 heteroatoms. The van der Waals surface area contributed by atoms with Gasteiger partial charge in [0.1, 0.15) is 17.2 Å². The van der Waals surface area contributed by atoms with Crippen LogP contribution in [0.3, 0.4) is 0 Å². The molecular formula is C22H28FN7O2S. The smallest absolute Gasteiger partial charge is 0.234 e. The summed E-state index contributed by atoms with van der Waals surface area (Å²) < 4.78 is 35.9. The Balaban J connectivity index is 1.73. The monoisotopic (exact) mass is 473 g/mol. The van der Waals surface area contributed by atoms with Crippen LogP contribution in [-0.2, 0) is 15.7 Å². The summed E-state index contributed by atoms with van der Waals surface area (Å²) in [6.45, 7) is 5.29. The van der Waals surface area contributed by atoms with E-state index in [1.165, 1.54) is 19.4 Å². The quantitative estimate of drug-likeness (QED) is 0.361. The molecule has 1 saturated heterocycles. The van der Waals surface area contributed by atoms with Crippen molar-refractivity contribution >= 4 is 38.5 Å². The maximum absolute atomic E-state index is 15.1. The van der Waals surface area contributed by atoms with Crippen LogP contribution in [0, 0.1) is 11.2 Å². The molecular weight excluding hydrogens is 445 g/mol. The Bertz CT molecular complexity index is 1300. The van der Waals surface area contributed by atoms with Crippen LogP contribution in [0.4, 0.5) is 15.8 Å². The third-order valence-electron chi connectivity index (χ3n) is 6.29. The SMILES string of the molecule is CN[SH]1(=O)C[C@@](C)(c2cc(Nc3ccnc4nc(OC)cnc34)ccc2F)NC(=N)C1(C)C. The molecule has 0 amide bonds. The third kappa shape index (κ3) is 3.80. The van der Waals surface area contributed by atoms with E-state index in [4.69, 9.17) is 10.1 Å². The second-order valence-corrected chi connectivity index (χ2v) is 12.1. The van der Waals surface area contributed by atoms with Gasteiger partial charge >= 0.3 is 0 Å². The molecule has 0 unspecified atom stereocenters. The van der Waals surface area contributed by atoms with Crippen molar-refractivity contribution in [2.45, 2.75) is 31.1 Å². The van der Waals surface area contributed by atoms with Gasteiger partial charge in [-0.15, -0.1) is 0 Å². The molecule has 0 bridgehead atoms. The number of nitrogens with zero attached hydrogens (tertiary/aromatic N) is 3. The maximum atomic E-state index is 15.1. The van der Waals surface area contributed by atoms with Gasteiger partial charge in [-0.05, 0) is 62.2 Å². The average molecular weight is 474 g/mol. The Morgan fingerprint density at radius 3 is 2.70 bits per heavy atom. The first-order chi connectivity index (χ1) is 15.5. The summed E-state index contributed by atoms with van der Waals surface area (Å²) in [5.41, 5.74) is 1.47. The van der Waals surface area contributed by atoms with Crippen molar-refractivity contribution in [2.75, 3.05) is 25.2 Å². The lowest BCUT2D eigenvalue weighted by Gasteiger charge is -2.51. The number of benzene rings is 1. The standard InChI is InChI=1S/C22H28FN7O2S/c1-21(2)20(24)30-22(3,12-33(21,31)25-4)14-10-13(6-7-15(14)23)28-16-8-9-26-19-18(16)27-11-17(29-19)32-5/h6-11,33H,12H2,1-5H3,(H2,24,30)(H,25,31)(H,26,28,29)/t22-/m0/s1. The molecule has 2 aromatic heterocycles. The number of amidine groups is 1. The number of pyridine rings is 1. The zero-order valence-electron chi connectivity index (χ0n) is 19.2. The molecule has 9 nitrogen and oxygen atoms in total. The second kappa shape index (κ2) is 7.99. The van der Waals surface area contributed by atoms with Gasteiger partial charge in [0, 0.05) is 23.2 Å². The molecule has 3 aromatic rings. The highest BCUT2D eigenvalue weighted by Crippen LogP contribution is 2.38. The summed E-state index contributed by atoms with van der Waals surface area (Å²) in [5, 5.41) is 14.9. The number of nitrogens with one attached hydrogen (secondary N) is 4. The molecule has 1 aliphatic heterocycles. The second-order valence-electron chi connectivity index (χ2n) is 8.78. The minimum Gasteiger partial charge on any atom is -0.480 e. The van der Waals surface area contributed by atoms with Gasteiger partial charge in [-0.25, -0.2) is 14.4 Å². The number of halogens is 1. The molecule has 0 radical (unpaired) electrons. The van der Waals surface area contributed by atoms with Crippen LogP contribution in [0.5, 0.6) is 5.88 Å². The van der Waals surface area contributed by atoms with Crippen molar-refractivity contribution in [1.82, 2.24) is 25.0 Å². The minimum absolute atomic E-state index is 0.107. The number of aromatic nitrogens is 3. The molecule has 1 atom stereocenters. The predicted octanol–water partition coefficient (Wildman–Crippen LogP) is 2.64. The highest BCUT2D eigenvalue weighted by molar-refractivity contribution is 8.03. The van der Waals surface area contributed by atoms with Gasteiger partial charge in [0.05, 0.1) is 29.3 Å². The Morgan fingerprint density at radius 1 is 1.24 bits per heavy atom. The zero-order valence-corrected chi connectivity index (χ0v) is 20.0. The first-order valence-corrected chi connectivity index (χ1v) is 12.3. The summed E-state index contributed by atoms with van der Waals surface area (Å²) in [4.78, 5) is 12.9. The predicted molar refractivity (Wildman–Crippen MR) is 129 cm³/mol. The normalized spacial score (nSPS) is 22.4. The molecule has 0 spiro atoms. The summed E-state index contributed by atoms with van der Waals surface area (Å²) in [6.07, 6.45) is 3.10. The summed E-state index contributed by atoms with van der Waals surface area (Å²) in [5.74, 6) is 0.160. The number of rotatable bonds is 5. The number of methoxy groups -OCH3 is 1. The molecule has 0 aliphatic carbocycles. The van der Waals surface area contributed by atoms with E-state index >= 15 is 4.39 Å². The fourth-order valence-electron chi connectivity index (χ4n) is 4.09. The Morgan fingerprint density at radius 2 is 2.00 bits per heavy atom. The van der Waals surface area contributed by atoms with Crippen LogP contribution < -0.4 is 20.1 Å². The van der Waals surface area contributed by atoms with Crippen LogP contribution in [0.2, 0.25) is 0 Å².